The first-order valence-electron chi connectivity index (χ1n) is 10.8. The molecule has 7 nitrogen and oxygen atoms in total. The first kappa shape index (κ1) is 19.3. The molecule has 0 N–H and O–H groups in total. The van der Waals surface area contributed by atoms with E-state index in [9.17, 15) is 4.79 Å². The van der Waals surface area contributed by atoms with Crippen molar-refractivity contribution in [3.8, 4) is 0 Å². The van der Waals surface area contributed by atoms with Gasteiger partial charge in [0, 0.05) is 32.9 Å². The SMILES string of the molecule is Cc1ccc(CN2CC[C@@H]3C[C@H](N(C)C(=O)c4cnc5cnn(C)c5c4)C[C@@H]3C2)o1. The van der Waals surface area contributed by atoms with E-state index in [4.69, 9.17) is 4.42 Å². The highest BCUT2D eigenvalue weighted by Gasteiger charge is 2.40. The molecule has 7 heteroatoms. The molecule has 30 heavy (non-hydrogen) atoms. The first-order chi connectivity index (χ1) is 14.5. The largest absolute Gasteiger partial charge is 0.465 e. The molecule has 5 rings (SSSR count). The van der Waals surface area contributed by atoms with Gasteiger partial charge in [-0.2, -0.15) is 5.10 Å². The Hall–Kier alpha value is -2.67. The van der Waals surface area contributed by atoms with Gasteiger partial charge in [-0.05, 0) is 62.8 Å². The van der Waals surface area contributed by atoms with E-state index in [1.54, 1.807) is 17.1 Å². The van der Waals surface area contributed by atoms with Crippen LogP contribution in [0.1, 0.15) is 41.1 Å². The Morgan fingerprint density at radius 1 is 1.27 bits per heavy atom. The Bertz CT molecular complexity index is 1070. The normalized spacial score (nSPS) is 24.3. The fraction of sp³-hybridized carbons (Fsp3) is 0.522. The summed E-state index contributed by atoms with van der Waals surface area (Å²) in [7, 11) is 3.82. The van der Waals surface area contributed by atoms with Crippen LogP contribution in [0.25, 0.3) is 11.0 Å². The summed E-state index contributed by atoms with van der Waals surface area (Å²) >= 11 is 0. The number of hydrogen-bond acceptors (Lipinski definition) is 5. The van der Waals surface area contributed by atoms with Gasteiger partial charge in [0.2, 0.25) is 0 Å². The molecule has 0 radical (unpaired) electrons. The molecule has 3 atom stereocenters. The molecule has 0 spiro atoms. The van der Waals surface area contributed by atoms with Gasteiger partial charge < -0.3 is 9.32 Å². The lowest BCUT2D eigenvalue weighted by Crippen LogP contribution is -2.38. The fourth-order valence-corrected chi connectivity index (χ4v) is 5.29. The number of likely N-dealkylation sites (tertiary alicyclic amines) is 1. The molecule has 3 aromatic heterocycles. The number of furan rings is 1. The third-order valence-corrected chi connectivity index (χ3v) is 7.01. The van der Waals surface area contributed by atoms with Crippen LogP contribution < -0.4 is 0 Å². The Morgan fingerprint density at radius 2 is 2.10 bits per heavy atom. The summed E-state index contributed by atoms with van der Waals surface area (Å²) in [6, 6.07) is 6.31. The maximum absolute atomic E-state index is 13.2. The van der Waals surface area contributed by atoms with Crippen molar-refractivity contribution in [3.05, 3.63) is 47.7 Å². The molecule has 1 amide bonds. The zero-order valence-corrected chi connectivity index (χ0v) is 17.9. The Balaban J connectivity index is 1.24. The molecular formula is C23H29N5O2. The average molecular weight is 408 g/mol. The van der Waals surface area contributed by atoms with Gasteiger partial charge >= 0.3 is 0 Å². The lowest BCUT2D eigenvalue weighted by Gasteiger charge is -2.34. The van der Waals surface area contributed by atoms with E-state index in [1.165, 1.54) is 6.42 Å². The Morgan fingerprint density at radius 3 is 2.90 bits per heavy atom. The van der Waals surface area contributed by atoms with Crippen LogP contribution in [0.5, 0.6) is 0 Å². The van der Waals surface area contributed by atoms with E-state index in [-0.39, 0.29) is 5.91 Å². The van der Waals surface area contributed by atoms with E-state index in [0.29, 0.717) is 23.4 Å². The minimum absolute atomic E-state index is 0.0529. The van der Waals surface area contributed by atoms with Crippen LogP contribution in [0.15, 0.2) is 35.0 Å². The van der Waals surface area contributed by atoms with E-state index >= 15 is 0 Å². The highest BCUT2D eigenvalue weighted by atomic mass is 16.3. The number of pyridine rings is 1. The third-order valence-electron chi connectivity index (χ3n) is 7.01. The molecule has 1 saturated carbocycles. The molecule has 0 unspecified atom stereocenters. The topological polar surface area (TPSA) is 67.4 Å². The number of aromatic nitrogens is 3. The summed E-state index contributed by atoms with van der Waals surface area (Å²) in [5.74, 6) is 3.42. The van der Waals surface area contributed by atoms with Gasteiger partial charge in [0.05, 0.1) is 23.8 Å². The predicted molar refractivity (Wildman–Crippen MR) is 114 cm³/mol. The smallest absolute Gasteiger partial charge is 0.255 e. The minimum Gasteiger partial charge on any atom is -0.465 e. The van der Waals surface area contributed by atoms with Crippen molar-refractivity contribution < 1.29 is 9.21 Å². The number of nitrogens with zero attached hydrogens (tertiary/aromatic N) is 5. The number of carbonyl (C=O) groups excluding carboxylic acids is 1. The predicted octanol–water partition coefficient (Wildman–Crippen LogP) is 3.24. The van der Waals surface area contributed by atoms with E-state index < -0.39 is 0 Å². The van der Waals surface area contributed by atoms with Gasteiger partial charge in [0.25, 0.3) is 5.91 Å². The number of carbonyl (C=O) groups is 1. The van der Waals surface area contributed by atoms with E-state index in [2.05, 4.69) is 21.0 Å². The fourth-order valence-electron chi connectivity index (χ4n) is 5.29. The van der Waals surface area contributed by atoms with Crippen molar-refractivity contribution in [2.24, 2.45) is 18.9 Å². The van der Waals surface area contributed by atoms with E-state index in [0.717, 1.165) is 55.0 Å². The van der Waals surface area contributed by atoms with Gasteiger partial charge in [-0.3, -0.25) is 19.4 Å². The number of piperidine rings is 1. The van der Waals surface area contributed by atoms with Crippen molar-refractivity contribution in [2.75, 3.05) is 20.1 Å². The number of amides is 1. The van der Waals surface area contributed by atoms with Crippen LogP contribution in [-0.4, -0.2) is 56.7 Å². The van der Waals surface area contributed by atoms with E-state index in [1.807, 2.05) is 38.1 Å². The van der Waals surface area contributed by atoms with Crippen molar-refractivity contribution in [2.45, 2.75) is 38.8 Å². The molecule has 1 saturated heterocycles. The lowest BCUT2D eigenvalue weighted by molar-refractivity contribution is 0.0730. The van der Waals surface area contributed by atoms with Crippen molar-refractivity contribution in [3.63, 3.8) is 0 Å². The lowest BCUT2D eigenvalue weighted by atomic mass is 9.89. The van der Waals surface area contributed by atoms with Gasteiger partial charge in [-0.15, -0.1) is 0 Å². The van der Waals surface area contributed by atoms with Crippen LogP contribution in [-0.2, 0) is 13.6 Å². The average Bonchev–Trinajstić information content (AvgIpc) is 3.45. The highest BCUT2D eigenvalue weighted by molar-refractivity contribution is 5.96. The molecule has 1 aliphatic carbocycles. The summed E-state index contributed by atoms with van der Waals surface area (Å²) in [5.41, 5.74) is 2.34. The first-order valence-corrected chi connectivity index (χ1v) is 10.8. The molecule has 2 aliphatic rings. The highest BCUT2D eigenvalue weighted by Crippen LogP contribution is 2.40. The number of hydrogen-bond donors (Lipinski definition) is 0. The number of rotatable bonds is 4. The zero-order valence-electron chi connectivity index (χ0n) is 17.9. The molecular weight excluding hydrogens is 378 g/mol. The van der Waals surface area contributed by atoms with Crippen molar-refractivity contribution >= 4 is 16.9 Å². The second-order valence-electron chi connectivity index (χ2n) is 8.99. The molecule has 4 heterocycles. The third kappa shape index (κ3) is 3.51. The summed E-state index contributed by atoms with van der Waals surface area (Å²) in [6.45, 7) is 5.07. The van der Waals surface area contributed by atoms with Crippen molar-refractivity contribution in [1.29, 1.82) is 0 Å². The monoisotopic (exact) mass is 407 g/mol. The maximum atomic E-state index is 13.2. The van der Waals surface area contributed by atoms with Gasteiger partial charge in [-0.25, -0.2) is 0 Å². The Kier molecular flexibility index (Phi) is 4.85. The molecule has 2 fully saturated rings. The summed E-state index contributed by atoms with van der Waals surface area (Å²) in [4.78, 5) is 22.0. The van der Waals surface area contributed by atoms with Crippen LogP contribution in [0, 0.1) is 18.8 Å². The Labute approximate surface area is 176 Å². The van der Waals surface area contributed by atoms with Crippen LogP contribution in [0.2, 0.25) is 0 Å². The quantitative estimate of drug-likeness (QED) is 0.664. The molecule has 0 bridgehead atoms. The molecule has 1 aliphatic heterocycles. The maximum Gasteiger partial charge on any atom is 0.255 e. The summed E-state index contributed by atoms with van der Waals surface area (Å²) < 4.78 is 7.53. The van der Waals surface area contributed by atoms with Crippen molar-refractivity contribution in [1.82, 2.24) is 24.6 Å². The standard InChI is InChI=1S/C23H29N5O2/c1-15-4-5-20(30-15)14-28-7-6-16-8-19(9-18(16)13-28)26(2)23(29)17-10-22-21(24-11-17)12-25-27(22)3/h4-5,10-12,16,18-19H,6-9,13-14H2,1-3H3/t16-,18-,19+/m1/s1. The summed E-state index contributed by atoms with van der Waals surface area (Å²) in [5, 5.41) is 4.22. The molecule has 3 aromatic rings. The van der Waals surface area contributed by atoms with Gasteiger partial charge in [-0.1, -0.05) is 0 Å². The van der Waals surface area contributed by atoms with Crippen LogP contribution in [0.4, 0.5) is 0 Å². The zero-order chi connectivity index (χ0) is 20.8. The summed E-state index contributed by atoms with van der Waals surface area (Å²) in [6.07, 6.45) is 6.78. The molecule has 158 valence electrons. The molecule has 0 aromatic carbocycles. The second kappa shape index (κ2) is 7.54. The van der Waals surface area contributed by atoms with Gasteiger partial charge in [0.1, 0.15) is 17.0 Å². The van der Waals surface area contributed by atoms with Crippen LogP contribution >= 0.6 is 0 Å². The van der Waals surface area contributed by atoms with Gasteiger partial charge in [0.15, 0.2) is 0 Å². The number of aryl methyl sites for hydroxylation is 2. The van der Waals surface area contributed by atoms with Crippen LogP contribution in [0.3, 0.4) is 0 Å². The minimum atomic E-state index is 0.0529. The second-order valence-corrected chi connectivity index (χ2v) is 8.99. The number of fused-ring (bicyclic) bond motifs is 2.